The second-order valence-corrected chi connectivity index (χ2v) is 3.82. The summed E-state index contributed by atoms with van der Waals surface area (Å²) in [5.74, 6) is -0.241. The van der Waals surface area contributed by atoms with Gasteiger partial charge in [-0.1, -0.05) is 0 Å². The Morgan fingerprint density at radius 3 is 2.61 bits per heavy atom. The van der Waals surface area contributed by atoms with Gasteiger partial charge in [0, 0.05) is 6.54 Å². The van der Waals surface area contributed by atoms with Gasteiger partial charge in [0.1, 0.15) is 17.1 Å². The van der Waals surface area contributed by atoms with Crippen LogP contribution in [-0.2, 0) is 9.59 Å². The molecule has 0 bridgehead atoms. The van der Waals surface area contributed by atoms with Gasteiger partial charge in [0.15, 0.2) is 0 Å². The number of likely N-dealkylation sites (N-methyl/N-ethyl adjacent to an activating group) is 1. The lowest BCUT2D eigenvalue weighted by Gasteiger charge is -2.24. The lowest BCUT2D eigenvalue weighted by Crippen LogP contribution is -2.53. The predicted octanol–water partition coefficient (Wildman–Crippen LogP) is 1.07. The number of carbonyl (C=O) groups excluding carboxylic acids is 3. The predicted molar refractivity (Wildman–Crippen MR) is 62.3 cm³/mol. The number of barbiturate groups is 1. The average Bonchev–Trinajstić information content (AvgIpc) is 2.70. The second kappa shape index (κ2) is 4.48. The number of urea groups is 1. The molecule has 0 aliphatic carbocycles. The van der Waals surface area contributed by atoms with Crippen molar-refractivity contribution in [1.29, 1.82) is 0 Å². The number of nitrogens with zero attached hydrogens (tertiary/aromatic N) is 1. The van der Waals surface area contributed by atoms with Gasteiger partial charge >= 0.3 is 6.03 Å². The van der Waals surface area contributed by atoms with Crippen molar-refractivity contribution in [3.8, 4) is 0 Å². The number of aryl methyl sites for hydroxylation is 1. The molecule has 0 radical (unpaired) electrons. The molecule has 0 saturated carbocycles. The summed E-state index contributed by atoms with van der Waals surface area (Å²) in [6.45, 7) is 3.61. The van der Waals surface area contributed by atoms with E-state index in [-0.39, 0.29) is 12.1 Å². The third-order valence-electron chi connectivity index (χ3n) is 2.55. The minimum Gasteiger partial charge on any atom is -0.462 e. The molecule has 94 valence electrons. The molecule has 0 atom stereocenters. The Morgan fingerprint density at radius 2 is 2.06 bits per heavy atom. The Morgan fingerprint density at radius 1 is 1.33 bits per heavy atom. The zero-order valence-corrected chi connectivity index (χ0v) is 10.0. The number of carbonyl (C=O) groups is 3. The van der Waals surface area contributed by atoms with Crippen LogP contribution in [0.3, 0.4) is 0 Å². The molecule has 18 heavy (non-hydrogen) atoms. The van der Waals surface area contributed by atoms with Crippen LogP contribution < -0.4 is 5.32 Å². The van der Waals surface area contributed by atoms with Crippen molar-refractivity contribution < 1.29 is 18.8 Å². The minimum atomic E-state index is -0.705. The quantitative estimate of drug-likeness (QED) is 0.627. The summed E-state index contributed by atoms with van der Waals surface area (Å²) in [6.07, 6.45) is 1.33. The van der Waals surface area contributed by atoms with Crippen LogP contribution in [0.15, 0.2) is 22.1 Å². The fraction of sp³-hybridized carbons (Fsp3) is 0.250. The molecule has 1 aromatic rings. The van der Waals surface area contributed by atoms with E-state index in [9.17, 15) is 14.4 Å². The molecule has 1 aliphatic heterocycles. The van der Waals surface area contributed by atoms with E-state index in [1.165, 1.54) is 6.08 Å². The molecule has 0 aromatic carbocycles. The van der Waals surface area contributed by atoms with Crippen LogP contribution in [0.2, 0.25) is 0 Å². The van der Waals surface area contributed by atoms with Gasteiger partial charge in [-0.15, -0.1) is 0 Å². The molecular weight excluding hydrogens is 236 g/mol. The summed E-state index contributed by atoms with van der Waals surface area (Å²) in [5.41, 5.74) is -0.106. The number of hydrogen-bond donors (Lipinski definition) is 1. The molecule has 1 N–H and O–H groups in total. The van der Waals surface area contributed by atoms with Crippen molar-refractivity contribution in [3.05, 3.63) is 29.2 Å². The zero-order chi connectivity index (χ0) is 13.3. The largest absolute Gasteiger partial charge is 0.462 e. The van der Waals surface area contributed by atoms with Gasteiger partial charge in [0.2, 0.25) is 0 Å². The summed E-state index contributed by atoms with van der Waals surface area (Å²) in [7, 11) is 0. The standard InChI is InChI=1S/C12H12N2O4/c1-3-14-11(16)9(10(15)13-12(14)17)6-8-5-4-7(2)18-8/h4-6H,3H2,1-2H3,(H,13,15,17)/b9-6+. The Kier molecular flexibility index (Phi) is 3.01. The maximum Gasteiger partial charge on any atom is 0.331 e. The maximum absolute atomic E-state index is 11.9. The van der Waals surface area contributed by atoms with E-state index < -0.39 is 17.8 Å². The van der Waals surface area contributed by atoms with Crippen molar-refractivity contribution in [2.75, 3.05) is 6.54 Å². The highest BCUT2D eigenvalue weighted by molar-refractivity contribution is 6.30. The highest BCUT2D eigenvalue weighted by Gasteiger charge is 2.34. The number of hydrogen-bond acceptors (Lipinski definition) is 4. The molecule has 1 aromatic heterocycles. The van der Waals surface area contributed by atoms with Gasteiger partial charge < -0.3 is 4.42 Å². The summed E-state index contributed by atoms with van der Waals surface area (Å²) in [6, 6.07) is 2.68. The van der Waals surface area contributed by atoms with Gasteiger partial charge in [-0.3, -0.25) is 19.8 Å². The Labute approximate surface area is 103 Å². The molecule has 1 saturated heterocycles. The van der Waals surface area contributed by atoms with Gasteiger partial charge in [-0.2, -0.15) is 0 Å². The van der Waals surface area contributed by atoms with Crippen molar-refractivity contribution in [2.45, 2.75) is 13.8 Å². The summed E-state index contributed by atoms with van der Waals surface area (Å²) in [4.78, 5) is 35.9. The maximum atomic E-state index is 11.9. The molecule has 4 amide bonds. The summed E-state index contributed by atoms with van der Waals surface area (Å²) in [5, 5.41) is 2.11. The van der Waals surface area contributed by atoms with Crippen LogP contribution in [0.5, 0.6) is 0 Å². The van der Waals surface area contributed by atoms with Crippen LogP contribution >= 0.6 is 0 Å². The normalized spacial score (nSPS) is 18.4. The lowest BCUT2D eigenvalue weighted by atomic mass is 10.1. The van der Waals surface area contributed by atoms with E-state index in [0.29, 0.717) is 11.5 Å². The van der Waals surface area contributed by atoms with Crippen LogP contribution in [0.25, 0.3) is 6.08 Å². The van der Waals surface area contributed by atoms with Gasteiger partial charge in [-0.05, 0) is 32.1 Å². The SMILES string of the molecule is CCN1C(=O)NC(=O)/C(=C\c2ccc(C)o2)C1=O. The van der Waals surface area contributed by atoms with E-state index in [1.807, 2.05) is 0 Å². The lowest BCUT2D eigenvalue weighted by molar-refractivity contribution is -0.129. The molecule has 0 unspecified atom stereocenters. The van der Waals surface area contributed by atoms with Crippen LogP contribution in [0.4, 0.5) is 4.79 Å². The van der Waals surface area contributed by atoms with E-state index in [2.05, 4.69) is 5.32 Å². The zero-order valence-electron chi connectivity index (χ0n) is 10.0. The highest BCUT2D eigenvalue weighted by Crippen LogP contribution is 2.15. The first kappa shape index (κ1) is 12.1. The van der Waals surface area contributed by atoms with Gasteiger partial charge in [0.25, 0.3) is 11.8 Å². The van der Waals surface area contributed by atoms with Crippen LogP contribution in [0.1, 0.15) is 18.4 Å². The highest BCUT2D eigenvalue weighted by atomic mass is 16.3. The topological polar surface area (TPSA) is 79.6 Å². The fourth-order valence-electron chi connectivity index (χ4n) is 1.65. The second-order valence-electron chi connectivity index (χ2n) is 3.82. The van der Waals surface area contributed by atoms with Crippen LogP contribution in [0, 0.1) is 6.92 Å². The molecule has 1 fully saturated rings. The molecule has 0 spiro atoms. The Bertz CT molecular complexity index is 556. The first-order valence-corrected chi connectivity index (χ1v) is 5.48. The van der Waals surface area contributed by atoms with Crippen LogP contribution in [-0.4, -0.2) is 29.3 Å². The Balaban J connectivity index is 2.37. The Hall–Kier alpha value is -2.37. The van der Waals surface area contributed by atoms with E-state index >= 15 is 0 Å². The number of amides is 4. The van der Waals surface area contributed by atoms with Crippen molar-refractivity contribution in [2.24, 2.45) is 0 Å². The monoisotopic (exact) mass is 248 g/mol. The van der Waals surface area contributed by atoms with Gasteiger partial charge in [0.05, 0.1) is 0 Å². The van der Waals surface area contributed by atoms with Crippen molar-refractivity contribution in [1.82, 2.24) is 10.2 Å². The smallest absolute Gasteiger partial charge is 0.331 e. The first-order chi connectivity index (χ1) is 8.52. The third-order valence-corrected chi connectivity index (χ3v) is 2.55. The van der Waals surface area contributed by atoms with Crippen molar-refractivity contribution >= 4 is 23.9 Å². The van der Waals surface area contributed by atoms with Gasteiger partial charge in [-0.25, -0.2) is 4.79 Å². The summed E-state index contributed by atoms with van der Waals surface area (Å²) < 4.78 is 5.27. The number of nitrogens with one attached hydrogen (secondary N) is 1. The van der Waals surface area contributed by atoms with Crippen molar-refractivity contribution in [3.63, 3.8) is 0 Å². The number of furan rings is 1. The molecule has 2 heterocycles. The fourth-order valence-corrected chi connectivity index (χ4v) is 1.65. The van der Waals surface area contributed by atoms with E-state index in [1.54, 1.807) is 26.0 Å². The molecule has 6 nitrogen and oxygen atoms in total. The number of imide groups is 2. The average molecular weight is 248 g/mol. The third kappa shape index (κ3) is 2.04. The first-order valence-electron chi connectivity index (χ1n) is 5.48. The van der Waals surface area contributed by atoms with E-state index in [4.69, 9.17) is 4.42 Å². The minimum absolute atomic E-state index is 0.106. The number of rotatable bonds is 2. The molecule has 6 heteroatoms. The molecule has 1 aliphatic rings. The van der Waals surface area contributed by atoms with E-state index in [0.717, 1.165) is 4.90 Å². The molecule has 2 rings (SSSR count). The molecular formula is C12H12N2O4. The summed E-state index contributed by atoms with van der Waals surface area (Å²) >= 11 is 0.